The molecule has 0 amide bonds. The Morgan fingerprint density at radius 3 is 2.00 bits per heavy atom. The quantitative estimate of drug-likeness (QED) is 0.686. The van der Waals surface area contributed by atoms with Crippen LogP contribution in [0.15, 0.2) is 64.4 Å². The van der Waals surface area contributed by atoms with E-state index in [9.17, 15) is 21.6 Å². The fraction of sp³-hybridized carbons (Fsp3) is 0.133. The lowest BCUT2D eigenvalue weighted by Crippen LogP contribution is -2.30. The largest absolute Gasteiger partial charge is 0.468 e. The first kappa shape index (κ1) is 18.9. The number of carbonyl (C=O) groups excluding carboxylic acids is 1. The Bertz CT molecular complexity index is 939. The van der Waals surface area contributed by atoms with Crippen molar-refractivity contribution in [2.45, 2.75) is 9.79 Å². The summed E-state index contributed by atoms with van der Waals surface area (Å²) in [5, 5.41) is 0. The normalized spacial score (nSPS) is 11.7. The molecule has 0 aliphatic heterocycles. The highest BCUT2D eigenvalue weighted by Gasteiger charge is 2.17. The summed E-state index contributed by atoms with van der Waals surface area (Å²) in [4.78, 5) is 11.0. The second-order valence-electron chi connectivity index (χ2n) is 4.84. The van der Waals surface area contributed by atoms with E-state index in [0.29, 0.717) is 0 Å². The number of hydrogen-bond donors (Lipinski definition) is 2. The molecule has 0 aromatic heterocycles. The van der Waals surface area contributed by atoms with Crippen LogP contribution in [0.1, 0.15) is 0 Å². The summed E-state index contributed by atoms with van der Waals surface area (Å²) in [6.45, 7) is -0.499. The molecule has 2 N–H and O–H groups in total. The van der Waals surface area contributed by atoms with Gasteiger partial charge in [-0.1, -0.05) is 18.2 Å². The third-order valence-corrected chi connectivity index (χ3v) is 5.92. The molecule has 10 heteroatoms. The average molecular weight is 384 g/mol. The standard InChI is InChI=1S/C15H16N2O6S2/c1-23-15(18)11-16-24(19,20)14-9-7-12(8-10-14)17-25(21,22)13-5-3-2-4-6-13/h2-10,16-17H,11H2,1H3. The molecule has 25 heavy (non-hydrogen) atoms. The van der Waals surface area contributed by atoms with Crippen molar-refractivity contribution in [2.75, 3.05) is 18.4 Å². The molecule has 134 valence electrons. The highest BCUT2D eigenvalue weighted by Crippen LogP contribution is 2.18. The molecule has 0 fully saturated rings. The Kier molecular flexibility index (Phi) is 5.77. The zero-order chi connectivity index (χ0) is 18.5. The van der Waals surface area contributed by atoms with Crippen molar-refractivity contribution < 1.29 is 26.4 Å². The van der Waals surface area contributed by atoms with Gasteiger partial charge < -0.3 is 4.74 Å². The zero-order valence-electron chi connectivity index (χ0n) is 13.2. The molecule has 0 heterocycles. The van der Waals surface area contributed by atoms with Gasteiger partial charge in [0, 0.05) is 5.69 Å². The Morgan fingerprint density at radius 1 is 0.880 bits per heavy atom. The summed E-state index contributed by atoms with van der Waals surface area (Å²) in [7, 11) is -6.53. The van der Waals surface area contributed by atoms with Crippen LogP contribution in [-0.4, -0.2) is 36.5 Å². The molecule has 2 aromatic rings. The lowest BCUT2D eigenvalue weighted by atomic mass is 10.3. The predicted molar refractivity (Wildman–Crippen MR) is 90.9 cm³/mol. The SMILES string of the molecule is COC(=O)CNS(=O)(=O)c1ccc(NS(=O)(=O)c2ccccc2)cc1. The summed E-state index contributed by atoms with van der Waals surface area (Å²) in [5.41, 5.74) is 0.204. The van der Waals surface area contributed by atoms with E-state index in [1.165, 1.54) is 36.4 Å². The van der Waals surface area contributed by atoms with Crippen LogP contribution in [-0.2, 0) is 29.6 Å². The van der Waals surface area contributed by atoms with E-state index in [0.717, 1.165) is 7.11 Å². The van der Waals surface area contributed by atoms with Crippen molar-refractivity contribution in [3.8, 4) is 0 Å². The maximum Gasteiger partial charge on any atom is 0.320 e. The van der Waals surface area contributed by atoms with Gasteiger partial charge in [0.1, 0.15) is 6.54 Å². The second-order valence-corrected chi connectivity index (χ2v) is 8.29. The number of methoxy groups -OCH3 is 1. The van der Waals surface area contributed by atoms with E-state index in [4.69, 9.17) is 0 Å². The fourth-order valence-electron chi connectivity index (χ4n) is 1.83. The number of nitrogens with one attached hydrogen (secondary N) is 2. The van der Waals surface area contributed by atoms with Gasteiger partial charge in [0.2, 0.25) is 10.0 Å². The van der Waals surface area contributed by atoms with Crippen LogP contribution in [0.25, 0.3) is 0 Å². The maximum atomic E-state index is 12.2. The van der Waals surface area contributed by atoms with Crippen LogP contribution in [0.5, 0.6) is 0 Å². The molecule has 0 aliphatic carbocycles. The van der Waals surface area contributed by atoms with Crippen molar-refractivity contribution in [1.29, 1.82) is 0 Å². The summed E-state index contributed by atoms with van der Waals surface area (Å²) in [6.07, 6.45) is 0. The summed E-state index contributed by atoms with van der Waals surface area (Å²) in [5.74, 6) is -0.726. The molecule has 2 aromatic carbocycles. The number of hydrogen-bond acceptors (Lipinski definition) is 6. The van der Waals surface area contributed by atoms with Crippen LogP contribution in [0, 0.1) is 0 Å². The molecular weight excluding hydrogens is 368 g/mol. The van der Waals surface area contributed by atoms with E-state index >= 15 is 0 Å². The van der Waals surface area contributed by atoms with Crippen LogP contribution >= 0.6 is 0 Å². The first-order valence-electron chi connectivity index (χ1n) is 6.99. The Balaban J connectivity index is 2.13. The number of esters is 1. The molecule has 0 radical (unpaired) electrons. The number of benzene rings is 2. The predicted octanol–water partition coefficient (Wildman–Crippen LogP) is 0.939. The highest BCUT2D eigenvalue weighted by atomic mass is 32.2. The lowest BCUT2D eigenvalue weighted by Gasteiger charge is -2.09. The smallest absolute Gasteiger partial charge is 0.320 e. The van der Waals surface area contributed by atoms with Gasteiger partial charge in [-0.25, -0.2) is 16.8 Å². The summed E-state index contributed by atoms with van der Waals surface area (Å²) < 4.78 is 57.2. The molecule has 8 nitrogen and oxygen atoms in total. The van der Waals surface area contributed by atoms with Gasteiger partial charge in [-0.2, -0.15) is 4.72 Å². The van der Waals surface area contributed by atoms with Gasteiger partial charge in [-0.15, -0.1) is 0 Å². The molecule has 2 rings (SSSR count). The van der Waals surface area contributed by atoms with Gasteiger partial charge in [-0.3, -0.25) is 9.52 Å². The van der Waals surface area contributed by atoms with Crippen LogP contribution in [0.3, 0.4) is 0 Å². The number of carbonyl (C=O) groups is 1. The van der Waals surface area contributed by atoms with Crippen LogP contribution in [0.2, 0.25) is 0 Å². The minimum atomic E-state index is -3.91. The number of sulfonamides is 2. The van der Waals surface area contributed by atoms with Crippen molar-refractivity contribution in [3.05, 3.63) is 54.6 Å². The lowest BCUT2D eigenvalue weighted by molar-refractivity contribution is -0.139. The molecule has 0 unspecified atom stereocenters. The molecule has 0 atom stereocenters. The highest BCUT2D eigenvalue weighted by molar-refractivity contribution is 7.92. The van der Waals surface area contributed by atoms with E-state index in [-0.39, 0.29) is 15.5 Å². The first-order valence-corrected chi connectivity index (χ1v) is 9.96. The van der Waals surface area contributed by atoms with E-state index in [2.05, 4.69) is 14.2 Å². The van der Waals surface area contributed by atoms with Gasteiger partial charge in [0.25, 0.3) is 10.0 Å². The monoisotopic (exact) mass is 384 g/mol. The summed E-state index contributed by atoms with van der Waals surface area (Å²) >= 11 is 0. The van der Waals surface area contributed by atoms with Crippen molar-refractivity contribution in [3.63, 3.8) is 0 Å². The van der Waals surface area contributed by atoms with Crippen molar-refractivity contribution in [1.82, 2.24) is 4.72 Å². The topological polar surface area (TPSA) is 119 Å². The maximum absolute atomic E-state index is 12.2. The van der Waals surface area contributed by atoms with E-state index in [1.54, 1.807) is 18.2 Å². The molecule has 0 aliphatic rings. The zero-order valence-corrected chi connectivity index (χ0v) is 14.8. The number of rotatable bonds is 7. The third kappa shape index (κ3) is 5.02. The summed E-state index contributed by atoms with van der Waals surface area (Å²) in [6, 6.07) is 12.8. The van der Waals surface area contributed by atoms with Gasteiger partial charge in [0.05, 0.1) is 16.9 Å². The second kappa shape index (κ2) is 7.64. The molecule has 0 bridgehead atoms. The Labute approximate surface area is 145 Å². The molecule has 0 saturated heterocycles. The first-order chi connectivity index (χ1) is 11.7. The van der Waals surface area contributed by atoms with E-state index in [1.807, 2.05) is 0 Å². The Morgan fingerprint density at radius 2 is 1.44 bits per heavy atom. The van der Waals surface area contributed by atoms with Crippen LogP contribution in [0.4, 0.5) is 5.69 Å². The van der Waals surface area contributed by atoms with Gasteiger partial charge >= 0.3 is 5.97 Å². The van der Waals surface area contributed by atoms with E-state index < -0.39 is 32.6 Å². The Hall–Kier alpha value is -2.43. The number of anilines is 1. The average Bonchev–Trinajstić information content (AvgIpc) is 2.60. The number of ether oxygens (including phenoxy) is 1. The molecule has 0 saturated carbocycles. The third-order valence-electron chi connectivity index (χ3n) is 3.10. The fourth-order valence-corrected chi connectivity index (χ4v) is 3.87. The van der Waals surface area contributed by atoms with Crippen molar-refractivity contribution >= 4 is 31.7 Å². The minimum absolute atomic E-state index is 0.0893. The van der Waals surface area contributed by atoms with Gasteiger partial charge in [0.15, 0.2) is 0 Å². The van der Waals surface area contributed by atoms with Crippen molar-refractivity contribution in [2.24, 2.45) is 0 Å². The van der Waals surface area contributed by atoms with Crippen LogP contribution < -0.4 is 9.44 Å². The molecule has 0 spiro atoms. The molecular formula is C15H16N2O6S2. The van der Waals surface area contributed by atoms with Gasteiger partial charge in [-0.05, 0) is 36.4 Å². The minimum Gasteiger partial charge on any atom is -0.468 e.